The second-order valence-corrected chi connectivity index (χ2v) is 5.01. The molecule has 0 spiro atoms. The highest BCUT2D eigenvalue weighted by Crippen LogP contribution is 2.30. The molecule has 2 atom stereocenters. The minimum atomic E-state index is -0.219. The molecule has 0 bridgehead atoms. The summed E-state index contributed by atoms with van der Waals surface area (Å²) >= 11 is 11.8. The van der Waals surface area contributed by atoms with Crippen LogP contribution < -0.4 is 10.1 Å². The highest BCUT2D eigenvalue weighted by molar-refractivity contribution is 6.35. The molecule has 0 amide bonds. The molecular formula is C12H15Cl2NO2. The van der Waals surface area contributed by atoms with Crippen molar-refractivity contribution in [1.29, 1.82) is 0 Å². The van der Waals surface area contributed by atoms with Crippen molar-refractivity contribution in [3.63, 3.8) is 0 Å². The highest BCUT2D eigenvalue weighted by Gasteiger charge is 2.26. The van der Waals surface area contributed by atoms with E-state index >= 15 is 0 Å². The van der Waals surface area contributed by atoms with Gasteiger partial charge in [-0.15, -0.1) is 0 Å². The minimum absolute atomic E-state index is 0.00863. The van der Waals surface area contributed by atoms with Crippen LogP contribution in [0.25, 0.3) is 0 Å². The van der Waals surface area contributed by atoms with Crippen molar-refractivity contribution < 1.29 is 9.84 Å². The number of ether oxygens (including phenoxy) is 1. The molecule has 0 aromatic heterocycles. The van der Waals surface area contributed by atoms with E-state index in [1.54, 1.807) is 18.2 Å². The minimum Gasteiger partial charge on any atom is -0.486 e. The molecule has 1 aliphatic rings. The monoisotopic (exact) mass is 275 g/mol. The number of nitrogens with one attached hydrogen (secondary N) is 1. The Morgan fingerprint density at radius 1 is 1.47 bits per heavy atom. The molecule has 1 aliphatic heterocycles. The van der Waals surface area contributed by atoms with Crippen molar-refractivity contribution in [1.82, 2.24) is 5.32 Å². The molecule has 2 N–H and O–H groups in total. The first-order valence-corrected chi connectivity index (χ1v) is 6.39. The van der Waals surface area contributed by atoms with Crippen molar-refractivity contribution in [3.05, 3.63) is 28.2 Å². The summed E-state index contributed by atoms with van der Waals surface area (Å²) in [5.74, 6) is 0.897. The Bertz CT molecular complexity index is 381. The van der Waals surface area contributed by atoms with Gasteiger partial charge in [-0.05, 0) is 31.2 Å². The summed E-state index contributed by atoms with van der Waals surface area (Å²) < 4.78 is 5.75. The lowest BCUT2D eigenvalue weighted by Gasteiger charge is -2.22. The topological polar surface area (TPSA) is 41.5 Å². The molecule has 1 saturated heterocycles. The normalized spacial score (nSPS) is 21.5. The van der Waals surface area contributed by atoms with E-state index < -0.39 is 0 Å². The van der Waals surface area contributed by atoms with Gasteiger partial charge in [0.1, 0.15) is 11.9 Å². The van der Waals surface area contributed by atoms with Gasteiger partial charge in [0.05, 0.1) is 11.6 Å². The van der Waals surface area contributed by atoms with Crippen molar-refractivity contribution in [2.75, 3.05) is 19.7 Å². The molecule has 94 valence electrons. The van der Waals surface area contributed by atoms with Gasteiger partial charge in [-0.1, -0.05) is 23.2 Å². The number of aliphatic hydroxyl groups excluding tert-OH is 1. The zero-order valence-corrected chi connectivity index (χ0v) is 10.8. The molecule has 0 unspecified atom stereocenters. The lowest BCUT2D eigenvalue weighted by molar-refractivity contribution is 0.0743. The van der Waals surface area contributed by atoms with E-state index in [1.165, 1.54) is 0 Å². The Labute approximate surface area is 111 Å². The predicted molar refractivity (Wildman–Crippen MR) is 68.9 cm³/mol. The first-order chi connectivity index (χ1) is 8.20. The van der Waals surface area contributed by atoms with Crippen LogP contribution in [0, 0.1) is 5.92 Å². The van der Waals surface area contributed by atoms with Gasteiger partial charge in [0.25, 0.3) is 0 Å². The fourth-order valence-electron chi connectivity index (χ4n) is 2.01. The molecule has 5 heteroatoms. The van der Waals surface area contributed by atoms with Gasteiger partial charge in [-0.2, -0.15) is 0 Å². The molecule has 1 fully saturated rings. The summed E-state index contributed by atoms with van der Waals surface area (Å²) in [7, 11) is 0. The van der Waals surface area contributed by atoms with Gasteiger partial charge in [-0.3, -0.25) is 0 Å². The van der Waals surface area contributed by atoms with E-state index in [1.807, 2.05) is 0 Å². The molecule has 1 aromatic rings. The Hall–Kier alpha value is -0.480. The van der Waals surface area contributed by atoms with Gasteiger partial charge in [0, 0.05) is 17.5 Å². The van der Waals surface area contributed by atoms with Crippen LogP contribution in [0.15, 0.2) is 18.2 Å². The van der Waals surface area contributed by atoms with Crippen LogP contribution in [0.3, 0.4) is 0 Å². The Morgan fingerprint density at radius 3 is 2.88 bits per heavy atom. The molecule has 17 heavy (non-hydrogen) atoms. The molecule has 2 rings (SSSR count). The number of aliphatic hydroxyl groups is 1. The summed E-state index contributed by atoms with van der Waals surface area (Å²) in [4.78, 5) is 0. The average molecular weight is 276 g/mol. The van der Waals surface area contributed by atoms with Crippen molar-refractivity contribution in [2.24, 2.45) is 5.92 Å². The third-order valence-electron chi connectivity index (χ3n) is 2.98. The van der Waals surface area contributed by atoms with Crippen LogP contribution in [0.1, 0.15) is 6.42 Å². The van der Waals surface area contributed by atoms with Crippen molar-refractivity contribution in [2.45, 2.75) is 12.5 Å². The first-order valence-electron chi connectivity index (χ1n) is 5.64. The predicted octanol–water partition coefficient (Wildman–Crippen LogP) is 2.34. The molecule has 0 aliphatic carbocycles. The van der Waals surface area contributed by atoms with Crippen LogP contribution in [0.2, 0.25) is 10.0 Å². The summed E-state index contributed by atoms with van der Waals surface area (Å²) in [5, 5.41) is 13.7. The van der Waals surface area contributed by atoms with E-state index in [-0.39, 0.29) is 12.7 Å². The Kier molecular flexibility index (Phi) is 4.51. The molecule has 1 heterocycles. The summed E-state index contributed by atoms with van der Waals surface area (Å²) in [6, 6.07) is 5.10. The van der Waals surface area contributed by atoms with Crippen LogP contribution in [0.5, 0.6) is 5.75 Å². The molecule has 3 nitrogen and oxygen atoms in total. The largest absolute Gasteiger partial charge is 0.486 e. The summed E-state index contributed by atoms with van der Waals surface area (Å²) in [6.45, 7) is 1.83. The van der Waals surface area contributed by atoms with Crippen LogP contribution >= 0.6 is 23.2 Å². The van der Waals surface area contributed by atoms with E-state index in [2.05, 4.69) is 5.32 Å². The average Bonchev–Trinajstić information content (AvgIpc) is 2.81. The third-order valence-corrected chi connectivity index (χ3v) is 3.51. The Balaban J connectivity index is 2.06. The SMILES string of the molecule is OC[C@H](Oc1ccc(Cl)cc1Cl)[C@H]1CCNC1. The van der Waals surface area contributed by atoms with E-state index in [9.17, 15) is 5.11 Å². The standard InChI is InChI=1S/C12H15Cl2NO2/c13-9-1-2-11(10(14)5-9)17-12(7-16)8-3-4-15-6-8/h1-2,5,8,12,15-16H,3-4,6-7H2/t8-,12-/m0/s1. The van der Waals surface area contributed by atoms with Crippen molar-refractivity contribution >= 4 is 23.2 Å². The number of benzene rings is 1. The maximum absolute atomic E-state index is 9.37. The maximum atomic E-state index is 9.37. The van der Waals surface area contributed by atoms with Gasteiger partial charge >= 0.3 is 0 Å². The van der Waals surface area contributed by atoms with Crippen LogP contribution in [0.4, 0.5) is 0 Å². The Morgan fingerprint density at radius 2 is 2.29 bits per heavy atom. The second-order valence-electron chi connectivity index (χ2n) is 4.17. The summed E-state index contributed by atoms with van der Waals surface area (Å²) in [5.41, 5.74) is 0. The van der Waals surface area contributed by atoms with Gasteiger partial charge in [0.2, 0.25) is 0 Å². The molecule has 1 aromatic carbocycles. The van der Waals surface area contributed by atoms with E-state index in [4.69, 9.17) is 27.9 Å². The molecule has 0 radical (unpaired) electrons. The zero-order chi connectivity index (χ0) is 12.3. The molecule has 0 saturated carbocycles. The lowest BCUT2D eigenvalue weighted by Crippen LogP contribution is -2.32. The van der Waals surface area contributed by atoms with Gasteiger partial charge in [0.15, 0.2) is 0 Å². The quantitative estimate of drug-likeness (QED) is 0.887. The number of hydrogen-bond acceptors (Lipinski definition) is 3. The van der Waals surface area contributed by atoms with Crippen LogP contribution in [-0.4, -0.2) is 30.9 Å². The first kappa shape index (κ1) is 13.0. The fraction of sp³-hybridized carbons (Fsp3) is 0.500. The number of rotatable bonds is 4. The highest BCUT2D eigenvalue weighted by atomic mass is 35.5. The second kappa shape index (κ2) is 5.91. The lowest BCUT2D eigenvalue weighted by atomic mass is 10.0. The number of halogens is 2. The van der Waals surface area contributed by atoms with E-state index in [0.717, 1.165) is 19.5 Å². The van der Waals surface area contributed by atoms with Crippen molar-refractivity contribution in [3.8, 4) is 5.75 Å². The maximum Gasteiger partial charge on any atom is 0.138 e. The third kappa shape index (κ3) is 3.26. The summed E-state index contributed by atoms with van der Waals surface area (Å²) in [6.07, 6.45) is 0.792. The zero-order valence-electron chi connectivity index (χ0n) is 9.33. The van der Waals surface area contributed by atoms with Crippen LogP contribution in [-0.2, 0) is 0 Å². The molecular weight excluding hydrogens is 261 g/mol. The fourth-order valence-corrected chi connectivity index (χ4v) is 2.46. The van der Waals surface area contributed by atoms with Gasteiger partial charge in [-0.25, -0.2) is 0 Å². The number of hydrogen-bond donors (Lipinski definition) is 2. The smallest absolute Gasteiger partial charge is 0.138 e. The van der Waals surface area contributed by atoms with Gasteiger partial charge < -0.3 is 15.2 Å². The van der Waals surface area contributed by atoms with E-state index in [0.29, 0.717) is 21.7 Å².